The van der Waals surface area contributed by atoms with E-state index < -0.39 is 10.0 Å². The number of para-hydroxylation sites is 1. The van der Waals surface area contributed by atoms with E-state index in [2.05, 4.69) is 25.6 Å². The maximum Gasteiger partial charge on any atom is 0.242 e. The number of hydrogen-bond acceptors (Lipinski definition) is 4. The summed E-state index contributed by atoms with van der Waals surface area (Å²) < 4.78 is 28.9. The number of rotatable bonds is 4. The Kier molecular flexibility index (Phi) is 4.52. The monoisotopic (exact) mass is 416 g/mol. The number of benzene rings is 2. The molecule has 0 saturated heterocycles. The number of hydrogen-bond donors (Lipinski definition) is 1. The van der Waals surface area contributed by atoms with E-state index in [1.54, 1.807) is 12.1 Å². The molecule has 0 spiro atoms. The van der Waals surface area contributed by atoms with Gasteiger partial charge in [0.05, 0.1) is 21.8 Å². The second kappa shape index (κ2) is 6.25. The lowest BCUT2D eigenvalue weighted by Crippen LogP contribution is -2.23. The molecule has 0 saturated carbocycles. The predicted octanol–water partition coefficient (Wildman–Crippen LogP) is 4.19. The minimum Gasteiger partial charge on any atom is -0.240 e. The second-order valence-electron chi connectivity index (χ2n) is 4.47. The van der Waals surface area contributed by atoms with Crippen LogP contribution in [0.15, 0.2) is 51.8 Å². The number of nitrogens with zero attached hydrogens (tertiary/aromatic N) is 1. The molecule has 2 aromatic carbocycles. The van der Waals surface area contributed by atoms with E-state index in [-0.39, 0.29) is 16.5 Å². The second-order valence-corrected chi connectivity index (χ2v) is 8.65. The van der Waals surface area contributed by atoms with Crippen molar-refractivity contribution in [1.82, 2.24) is 9.71 Å². The molecule has 0 radical (unpaired) electrons. The van der Waals surface area contributed by atoms with Gasteiger partial charge in [-0.3, -0.25) is 0 Å². The number of aromatic nitrogens is 1. The topological polar surface area (TPSA) is 59.1 Å². The molecule has 0 fully saturated rings. The summed E-state index contributed by atoms with van der Waals surface area (Å²) in [6, 6.07) is 12.3. The van der Waals surface area contributed by atoms with Crippen molar-refractivity contribution < 1.29 is 8.42 Å². The number of nitrogens with one attached hydrogen (secondary N) is 1. The Hall–Kier alpha value is -0.990. The molecule has 8 heteroatoms. The van der Waals surface area contributed by atoms with Gasteiger partial charge in [0.2, 0.25) is 10.0 Å². The summed E-state index contributed by atoms with van der Waals surface area (Å²) in [7, 11) is -3.68. The van der Waals surface area contributed by atoms with E-state index >= 15 is 0 Å². The summed E-state index contributed by atoms with van der Waals surface area (Å²) in [6.45, 7) is 0.133. The normalized spacial score (nSPS) is 11.9. The van der Waals surface area contributed by atoms with Crippen molar-refractivity contribution >= 4 is 59.1 Å². The first kappa shape index (κ1) is 15.9. The zero-order valence-corrected chi connectivity index (χ0v) is 15.1. The lowest BCUT2D eigenvalue weighted by Gasteiger charge is -2.07. The molecule has 0 atom stereocenters. The number of thiazole rings is 1. The summed E-state index contributed by atoms with van der Waals surface area (Å²) in [5, 5.41) is 0.879. The van der Waals surface area contributed by atoms with Gasteiger partial charge in [0.1, 0.15) is 9.90 Å². The van der Waals surface area contributed by atoms with Crippen molar-refractivity contribution in [3.8, 4) is 0 Å². The molecule has 4 nitrogen and oxygen atoms in total. The van der Waals surface area contributed by atoms with Gasteiger partial charge in [-0.2, -0.15) is 0 Å². The maximum atomic E-state index is 12.3. The Morgan fingerprint density at radius 3 is 2.73 bits per heavy atom. The molecule has 1 aromatic heterocycles. The zero-order valence-electron chi connectivity index (χ0n) is 11.1. The Bertz CT molecular complexity index is 908. The van der Waals surface area contributed by atoms with Crippen molar-refractivity contribution in [2.75, 3.05) is 0 Å². The molecule has 1 N–H and O–H groups in total. The van der Waals surface area contributed by atoms with Crippen molar-refractivity contribution in [3.63, 3.8) is 0 Å². The first-order valence-corrected chi connectivity index (χ1v) is 9.72. The molecule has 1 heterocycles. The van der Waals surface area contributed by atoms with Crippen LogP contribution in [0.3, 0.4) is 0 Å². The standard InChI is InChI=1S/C14H10BrClN2O2S2/c15-9-5-6-13(10(16)7-9)22(19,20)17-8-14-18-11-3-1-2-4-12(11)21-14/h1-7,17H,8H2. The summed E-state index contributed by atoms with van der Waals surface area (Å²) in [4.78, 5) is 4.45. The maximum absolute atomic E-state index is 12.3. The highest BCUT2D eigenvalue weighted by Gasteiger charge is 2.18. The van der Waals surface area contributed by atoms with E-state index in [4.69, 9.17) is 11.6 Å². The molecule has 0 aliphatic carbocycles. The van der Waals surface area contributed by atoms with Crippen LogP contribution in [-0.4, -0.2) is 13.4 Å². The van der Waals surface area contributed by atoms with Crippen molar-refractivity contribution in [3.05, 3.63) is 57.0 Å². The highest BCUT2D eigenvalue weighted by molar-refractivity contribution is 9.10. The largest absolute Gasteiger partial charge is 0.242 e. The smallest absolute Gasteiger partial charge is 0.240 e. The van der Waals surface area contributed by atoms with Crippen molar-refractivity contribution in [2.45, 2.75) is 11.4 Å². The van der Waals surface area contributed by atoms with E-state index in [9.17, 15) is 8.42 Å². The third kappa shape index (κ3) is 3.33. The molecular formula is C14H10BrClN2O2S2. The van der Waals surface area contributed by atoms with Crippen LogP contribution in [0, 0.1) is 0 Å². The number of sulfonamides is 1. The lowest BCUT2D eigenvalue weighted by molar-refractivity contribution is 0.581. The van der Waals surface area contributed by atoms with Gasteiger partial charge in [0, 0.05) is 4.47 Å². The summed E-state index contributed by atoms with van der Waals surface area (Å²) in [5.41, 5.74) is 0.864. The minimum atomic E-state index is -3.68. The Labute approximate surface area is 145 Å². The Morgan fingerprint density at radius 1 is 1.23 bits per heavy atom. The fraction of sp³-hybridized carbons (Fsp3) is 0.0714. The van der Waals surface area contributed by atoms with Gasteiger partial charge in [0.25, 0.3) is 0 Å². The third-order valence-electron chi connectivity index (χ3n) is 2.94. The number of halogens is 2. The molecule has 0 aliphatic heterocycles. The summed E-state index contributed by atoms with van der Waals surface area (Å²) >= 11 is 10.7. The van der Waals surface area contributed by atoms with Crippen LogP contribution in [0.5, 0.6) is 0 Å². The van der Waals surface area contributed by atoms with Crippen molar-refractivity contribution in [1.29, 1.82) is 0 Å². The number of fused-ring (bicyclic) bond motifs is 1. The third-order valence-corrected chi connectivity index (χ3v) is 6.35. The first-order chi connectivity index (χ1) is 10.5. The van der Waals surface area contributed by atoms with Gasteiger partial charge in [-0.1, -0.05) is 39.7 Å². The fourth-order valence-electron chi connectivity index (χ4n) is 1.92. The minimum absolute atomic E-state index is 0.0541. The van der Waals surface area contributed by atoms with Gasteiger partial charge >= 0.3 is 0 Å². The van der Waals surface area contributed by atoms with E-state index in [1.807, 2.05) is 24.3 Å². The first-order valence-electron chi connectivity index (χ1n) is 6.25. The van der Waals surface area contributed by atoms with Gasteiger partial charge in [-0.15, -0.1) is 11.3 Å². The molecule has 0 aliphatic rings. The van der Waals surface area contributed by atoms with Crippen LogP contribution < -0.4 is 4.72 Å². The van der Waals surface area contributed by atoms with Crippen LogP contribution in [0.1, 0.15) is 5.01 Å². The molecule has 0 amide bonds. The van der Waals surface area contributed by atoms with E-state index in [0.29, 0.717) is 5.01 Å². The van der Waals surface area contributed by atoms with Gasteiger partial charge in [0.15, 0.2) is 0 Å². The summed E-state index contributed by atoms with van der Waals surface area (Å²) in [5.74, 6) is 0. The lowest BCUT2D eigenvalue weighted by atomic mass is 10.3. The van der Waals surface area contributed by atoms with Crippen LogP contribution in [0.25, 0.3) is 10.2 Å². The molecule has 22 heavy (non-hydrogen) atoms. The zero-order chi connectivity index (χ0) is 15.7. The van der Waals surface area contributed by atoms with Crippen LogP contribution in [0.4, 0.5) is 0 Å². The van der Waals surface area contributed by atoms with Gasteiger partial charge < -0.3 is 0 Å². The predicted molar refractivity (Wildman–Crippen MR) is 92.8 cm³/mol. The summed E-state index contributed by atoms with van der Waals surface area (Å²) in [6.07, 6.45) is 0. The highest BCUT2D eigenvalue weighted by atomic mass is 79.9. The molecule has 3 aromatic rings. The van der Waals surface area contributed by atoms with Crippen molar-refractivity contribution in [2.24, 2.45) is 0 Å². The molecule has 0 bridgehead atoms. The molecule has 0 unspecified atom stereocenters. The van der Waals surface area contributed by atoms with E-state index in [0.717, 1.165) is 14.7 Å². The van der Waals surface area contributed by atoms with Crippen LogP contribution in [-0.2, 0) is 16.6 Å². The molecule has 3 rings (SSSR count). The molecular weight excluding hydrogens is 408 g/mol. The Balaban J connectivity index is 1.82. The van der Waals surface area contributed by atoms with Crippen LogP contribution >= 0.6 is 38.9 Å². The fourth-order valence-corrected chi connectivity index (χ4v) is 4.94. The van der Waals surface area contributed by atoms with Crippen LogP contribution in [0.2, 0.25) is 5.02 Å². The van der Waals surface area contributed by atoms with Gasteiger partial charge in [-0.25, -0.2) is 18.1 Å². The average molecular weight is 418 g/mol. The SMILES string of the molecule is O=S(=O)(NCc1nc2ccccc2s1)c1ccc(Br)cc1Cl. The average Bonchev–Trinajstić information content (AvgIpc) is 2.87. The molecule has 114 valence electrons. The quantitative estimate of drug-likeness (QED) is 0.692. The highest BCUT2D eigenvalue weighted by Crippen LogP contribution is 2.26. The van der Waals surface area contributed by atoms with E-state index in [1.165, 1.54) is 17.4 Å². The van der Waals surface area contributed by atoms with Gasteiger partial charge in [-0.05, 0) is 30.3 Å². The Morgan fingerprint density at radius 2 is 2.00 bits per heavy atom.